The second-order valence-electron chi connectivity index (χ2n) is 7.61. The van der Waals surface area contributed by atoms with E-state index < -0.39 is 0 Å². The van der Waals surface area contributed by atoms with Crippen LogP contribution in [0, 0.1) is 17.2 Å². The third-order valence-electron chi connectivity index (χ3n) is 5.69. The summed E-state index contributed by atoms with van der Waals surface area (Å²) in [6.45, 7) is 0. The molecule has 1 aromatic carbocycles. The number of benzene rings is 1. The number of aromatic nitrogens is 3. The first-order chi connectivity index (χ1) is 13.2. The van der Waals surface area contributed by atoms with Crippen LogP contribution < -0.4 is 0 Å². The maximum absolute atomic E-state index is 8.69. The lowest BCUT2D eigenvalue weighted by Gasteiger charge is -2.34. The smallest absolute Gasteiger partial charge is 0.0911 e. The monoisotopic (exact) mass is 418 g/mol. The molecule has 2 fully saturated rings. The number of fused-ring (bicyclic) bond motifs is 1. The third-order valence-corrected chi connectivity index (χ3v) is 6.18. The van der Waals surface area contributed by atoms with Crippen LogP contribution in [-0.2, 0) is 0 Å². The molecule has 0 atom stereocenters. The normalized spacial score (nSPS) is 22.1. The molecule has 2 saturated carbocycles. The summed E-state index contributed by atoms with van der Waals surface area (Å²) in [6, 6.07) is 8.63. The first kappa shape index (κ1) is 16.7. The lowest BCUT2D eigenvalue weighted by molar-refractivity contribution is 0.242. The first-order valence-corrected chi connectivity index (χ1v) is 10.2. The molecule has 27 heavy (non-hydrogen) atoms. The highest BCUT2D eigenvalue weighted by atomic mass is 79.9. The Morgan fingerprint density at radius 1 is 1.19 bits per heavy atom. The maximum Gasteiger partial charge on any atom is 0.0911 e. The van der Waals surface area contributed by atoms with E-state index >= 15 is 0 Å². The summed E-state index contributed by atoms with van der Waals surface area (Å²) < 4.78 is 3.39. The number of nitrogens with zero attached hydrogens (tertiary/aromatic N) is 4. The van der Waals surface area contributed by atoms with Crippen LogP contribution in [-0.4, -0.2) is 14.5 Å². The van der Waals surface area contributed by atoms with Crippen LogP contribution in [0.25, 0.3) is 22.3 Å². The van der Waals surface area contributed by atoms with Crippen LogP contribution in [0.15, 0.2) is 53.4 Å². The summed E-state index contributed by atoms with van der Waals surface area (Å²) in [7, 11) is 0. The molecule has 2 aromatic heterocycles. The van der Waals surface area contributed by atoms with Crippen LogP contribution in [0.3, 0.4) is 0 Å². The summed E-state index contributed by atoms with van der Waals surface area (Å²) in [5.74, 6) is 1.19. The Balaban J connectivity index is 1.48. The molecule has 5 rings (SSSR count). The lowest BCUT2D eigenvalue weighted by atomic mass is 9.80. The Morgan fingerprint density at radius 2 is 2.04 bits per heavy atom. The van der Waals surface area contributed by atoms with Crippen molar-refractivity contribution in [1.29, 1.82) is 5.26 Å². The van der Waals surface area contributed by atoms with E-state index in [4.69, 9.17) is 10.2 Å². The van der Waals surface area contributed by atoms with Gasteiger partial charge in [0.05, 0.1) is 29.0 Å². The number of allylic oxidation sites excluding steroid dienone is 2. The Hall–Kier alpha value is -2.45. The molecular weight excluding hydrogens is 400 g/mol. The van der Waals surface area contributed by atoms with E-state index in [2.05, 4.69) is 43.9 Å². The van der Waals surface area contributed by atoms with Gasteiger partial charge in [-0.05, 0) is 61.3 Å². The van der Waals surface area contributed by atoms with Gasteiger partial charge < -0.3 is 4.57 Å². The molecule has 2 aliphatic rings. The second-order valence-corrected chi connectivity index (χ2v) is 8.53. The van der Waals surface area contributed by atoms with Gasteiger partial charge in [0.2, 0.25) is 0 Å². The highest BCUT2D eigenvalue weighted by Gasteiger charge is 2.33. The average molecular weight is 419 g/mol. The quantitative estimate of drug-likeness (QED) is 0.505. The van der Waals surface area contributed by atoms with E-state index in [0.717, 1.165) is 34.0 Å². The minimum absolute atomic E-state index is 0.521. The summed E-state index contributed by atoms with van der Waals surface area (Å²) in [5, 5.41) is 8.69. The van der Waals surface area contributed by atoms with Gasteiger partial charge in [-0.1, -0.05) is 22.0 Å². The molecule has 0 radical (unpaired) electrons. The van der Waals surface area contributed by atoms with Gasteiger partial charge in [-0.3, -0.25) is 4.98 Å². The summed E-state index contributed by atoms with van der Waals surface area (Å²) in [5.41, 5.74) is 5.43. The van der Waals surface area contributed by atoms with Crippen LogP contribution in [0.4, 0.5) is 0 Å². The maximum atomic E-state index is 8.69. The van der Waals surface area contributed by atoms with Gasteiger partial charge in [0.25, 0.3) is 0 Å². The minimum Gasteiger partial charge on any atom is -0.350 e. The standard InChI is InChI=1S/C22H19BrN4/c23-16-5-6-20-21(10-16)26-22(11-25-20)19-13-27(12-18(19)15-3-4-15)17-8-14(9-17)2-1-7-24/h1-2,5-6,10-15,17H,3-4,8-9H2/b2-1+. The molecule has 0 bridgehead atoms. The zero-order valence-electron chi connectivity index (χ0n) is 14.8. The second kappa shape index (κ2) is 6.61. The van der Waals surface area contributed by atoms with Crippen LogP contribution in [0.1, 0.15) is 43.2 Å². The average Bonchev–Trinajstić information content (AvgIpc) is 3.39. The Morgan fingerprint density at radius 3 is 2.81 bits per heavy atom. The highest BCUT2D eigenvalue weighted by Crippen LogP contribution is 2.47. The molecule has 134 valence electrons. The number of rotatable bonds is 4. The van der Waals surface area contributed by atoms with Gasteiger partial charge in [-0.2, -0.15) is 5.26 Å². The molecule has 3 aromatic rings. The van der Waals surface area contributed by atoms with Crippen LogP contribution >= 0.6 is 15.9 Å². The van der Waals surface area contributed by atoms with Gasteiger partial charge in [0.1, 0.15) is 0 Å². The van der Waals surface area contributed by atoms with Crippen LogP contribution in [0.2, 0.25) is 0 Å². The summed E-state index contributed by atoms with van der Waals surface area (Å²) >= 11 is 3.53. The zero-order chi connectivity index (χ0) is 18.4. The third kappa shape index (κ3) is 3.19. The number of nitriles is 1. The zero-order valence-corrected chi connectivity index (χ0v) is 16.4. The van der Waals surface area contributed by atoms with Gasteiger partial charge in [0.15, 0.2) is 0 Å². The number of hydrogen-bond acceptors (Lipinski definition) is 3. The Kier molecular flexibility index (Phi) is 4.09. The molecule has 2 aliphatic carbocycles. The fourth-order valence-electron chi connectivity index (χ4n) is 3.96. The number of hydrogen-bond donors (Lipinski definition) is 0. The SMILES string of the molecule is N#C/C=C/C1CC(n2cc(-c3cnc4ccc(Br)cc4n3)c(C3CC3)c2)C1. The largest absolute Gasteiger partial charge is 0.350 e. The molecule has 0 saturated heterocycles. The fourth-order valence-corrected chi connectivity index (χ4v) is 4.31. The molecule has 0 N–H and O–H groups in total. The molecule has 2 heterocycles. The molecule has 0 spiro atoms. The molecule has 4 nitrogen and oxygen atoms in total. The van der Waals surface area contributed by atoms with E-state index in [1.54, 1.807) is 6.08 Å². The van der Waals surface area contributed by atoms with Gasteiger partial charge in [-0.15, -0.1) is 0 Å². The Labute approximate surface area is 166 Å². The predicted octanol–water partition coefficient (Wildman–Crippen LogP) is 5.77. The Bertz CT molecular complexity index is 1080. The highest BCUT2D eigenvalue weighted by molar-refractivity contribution is 9.10. The van der Waals surface area contributed by atoms with Crippen LogP contribution in [0.5, 0.6) is 0 Å². The predicted molar refractivity (Wildman–Crippen MR) is 109 cm³/mol. The summed E-state index contributed by atoms with van der Waals surface area (Å²) in [4.78, 5) is 9.52. The number of halogens is 1. The van der Waals surface area contributed by atoms with Gasteiger partial charge >= 0.3 is 0 Å². The first-order valence-electron chi connectivity index (χ1n) is 9.41. The molecule has 0 aliphatic heterocycles. The molecular formula is C22H19BrN4. The van der Waals surface area contributed by atoms with E-state index in [0.29, 0.717) is 17.9 Å². The minimum atomic E-state index is 0.521. The van der Waals surface area contributed by atoms with E-state index in [1.807, 2.05) is 30.5 Å². The molecule has 5 heteroatoms. The van der Waals surface area contributed by atoms with Crippen molar-refractivity contribution in [3.8, 4) is 17.3 Å². The van der Waals surface area contributed by atoms with Crippen molar-refractivity contribution in [2.75, 3.05) is 0 Å². The molecule has 0 amide bonds. The van der Waals surface area contributed by atoms with Crippen molar-refractivity contribution >= 4 is 27.0 Å². The van der Waals surface area contributed by atoms with Crippen molar-refractivity contribution in [3.05, 3.63) is 59.0 Å². The molecule has 0 unspecified atom stereocenters. The fraction of sp³-hybridized carbons (Fsp3) is 0.318. The van der Waals surface area contributed by atoms with Crippen molar-refractivity contribution < 1.29 is 0 Å². The van der Waals surface area contributed by atoms with Crippen molar-refractivity contribution in [3.63, 3.8) is 0 Å². The van der Waals surface area contributed by atoms with Crippen molar-refractivity contribution in [2.24, 2.45) is 5.92 Å². The van der Waals surface area contributed by atoms with E-state index in [-0.39, 0.29) is 0 Å². The van der Waals surface area contributed by atoms with Crippen molar-refractivity contribution in [2.45, 2.75) is 37.6 Å². The van der Waals surface area contributed by atoms with Gasteiger partial charge in [-0.25, -0.2) is 4.98 Å². The van der Waals surface area contributed by atoms with Gasteiger partial charge in [0, 0.05) is 34.5 Å². The van der Waals surface area contributed by atoms with Crippen molar-refractivity contribution in [1.82, 2.24) is 14.5 Å². The van der Waals surface area contributed by atoms with E-state index in [9.17, 15) is 0 Å². The lowest BCUT2D eigenvalue weighted by Crippen LogP contribution is -2.24. The summed E-state index contributed by atoms with van der Waals surface area (Å²) in [6.07, 6.45) is 14.9. The van der Waals surface area contributed by atoms with E-state index in [1.165, 1.54) is 24.0 Å². The topological polar surface area (TPSA) is 54.5 Å².